The molecule has 0 unspecified atom stereocenters. The fourth-order valence-electron chi connectivity index (χ4n) is 3.02. The van der Waals surface area contributed by atoms with Crippen molar-refractivity contribution in [3.05, 3.63) is 28.5 Å². The molecule has 0 aliphatic heterocycles. The van der Waals surface area contributed by atoms with Gasteiger partial charge in [-0.2, -0.15) is 0 Å². The zero-order valence-corrected chi connectivity index (χ0v) is 15.8. The lowest BCUT2D eigenvalue weighted by molar-refractivity contribution is 0.0977. The number of carbonyl (C=O) groups is 1. The average Bonchev–Trinajstić information content (AvgIpc) is 2.77. The Morgan fingerprint density at radius 2 is 1.92 bits per heavy atom. The third-order valence-electron chi connectivity index (χ3n) is 4.30. The molecule has 0 atom stereocenters. The number of carbonyl (C=O) groups excluding carboxylic acids is 1. The van der Waals surface area contributed by atoms with Crippen molar-refractivity contribution in [2.75, 3.05) is 12.9 Å². The highest BCUT2D eigenvalue weighted by molar-refractivity contribution is 7.89. The van der Waals surface area contributed by atoms with Crippen LogP contribution in [0.3, 0.4) is 0 Å². The van der Waals surface area contributed by atoms with Gasteiger partial charge in [-0.25, -0.2) is 17.5 Å². The van der Waals surface area contributed by atoms with Crippen LogP contribution in [0.2, 0.25) is 5.02 Å². The fraction of sp³-hybridized carbons (Fsp3) is 0.588. The summed E-state index contributed by atoms with van der Waals surface area (Å²) in [5, 5.41) is 0.0703. The average molecular weight is 392 g/mol. The van der Waals surface area contributed by atoms with Crippen LogP contribution in [-0.2, 0) is 10.0 Å². The topological polar surface area (TPSA) is 72.5 Å². The highest BCUT2D eigenvalue weighted by Crippen LogP contribution is 2.30. The molecule has 1 aromatic rings. The van der Waals surface area contributed by atoms with E-state index in [2.05, 4.69) is 0 Å². The van der Waals surface area contributed by atoms with E-state index < -0.39 is 27.3 Å². The molecule has 1 N–H and O–H groups in total. The van der Waals surface area contributed by atoms with Gasteiger partial charge < -0.3 is 4.74 Å². The van der Waals surface area contributed by atoms with E-state index in [-0.39, 0.29) is 10.8 Å². The number of hydrogen-bond donors (Lipinski definition) is 1. The van der Waals surface area contributed by atoms with Crippen LogP contribution in [-0.4, -0.2) is 27.2 Å². The van der Waals surface area contributed by atoms with E-state index >= 15 is 0 Å². The minimum Gasteiger partial charge on any atom is -0.492 e. The summed E-state index contributed by atoms with van der Waals surface area (Å²) in [6.07, 6.45) is 9.13. The summed E-state index contributed by atoms with van der Waals surface area (Å²) in [7, 11) is -3.78. The zero-order valence-electron chi connectivity index (χ0n) is 14.2. The summed E-state index contributed by atoms with van der Waals surface area (Å²) in [5.41, 5.74) is -0.438. The quantitative estimate of drug-likeness (QED) is 0.746. The van der Waals surface area contributed by atoms with Crippen molar-refractivity contribution in [3.63, 3.8) is 0 Å². The molecule has 2 rings (SSSR count). The van der Waals surface area contributed by atoms with Gasteiger partial charge in [0.1, 0.15) is 11.6 Å². The summed E-state index contributed by atoms with van der Waals surface area (Å²) in [4.78, 5) is 11.8. The van der Waals surface area contributed by atoms with E-state index in [1.54, 1.807) is 4.72 Å². The molecule has 25 heavy (non-hydrogen) atoms. The molecule has 1 saturated carbocycles. The number of hydrogen-bond acceptors (Lipinski definition) is 4. The van der Waals surface area contributed by atoms with Crippen LogP contribution in [0.25, 0.3) is 0 Å². The summed E-state index contributed by atoms with van der Waals surface area (Å²) < 4.78 is 43.5. The molecular formula is C17H23ClFNO4S. The summed E-state index contributed by atoms with van der Waals surface area (Å²) >= 11 is 6.04. The second-order valence-corrected chi connectivity index (χ2v) is 8.62. The smallest absolute Gasteiger partial charge is 0.267 e. The molecule has 5 nitrogen and oxygen atoms in total. The largest absolute Gasteiger partial charge is 0.492 e. The number of sulfonamides is 1. The lowest BCUT2D eigenvalue weighted by Crippen LogP contribution is -2.30. The van der Waals surface area contributed by atoms with Crippen LogP contribution in [0.1, 0.15) is 55.3 Å². The number of halogens is 2. The Morgan fingerprint density at radius 1 is 1.28 bits per heavy atom. The van der Waals surface area contributed by atoms with Gasteiger partial charge in [0.2, 0.25) is 10.0 Å². The molecule has 0 bridgehead atoms. The highest BCUT2D eigenvalue weighted by Gasteiger charge is 2.19. The SMILES string of the molecule is CS(=O)(=O)NC(=O)c1cc(Cl)c(OCCC2CCCCCC2)cc1F. The van der Waals surface area contributed by atoms with Crippen LogP contribution in [0, 0.1) is 11.7 Å². The predicted molar refractivity (Wildman–Crippen MR) is 95.0 cm³/mol. The number of rotatable bonds is 6. The van der Waals surface area contributed by atoms with Crippen molar-refractivity contribution >= 4 is 27.5 Å². The van der Waals surface area contributed by atoms with Gasteiger partial charge in [0.05, 0.1) is 23.4 Å². The third kappa shape index (κ3) is 6.47. The molecular weight excluding hydrogens is 369 g/mol. The molecule has 1 aliphatic rings. The van der Waals surface area contributed by atoms with Crippen molar-refractivity contribution in [1.29, 1.82) is 0 Å². The number of nitrogens with one attached hydrogen (secondary N) is 1. The molecule has 0 saturated heterocycles. The van der Waals surface area contributed by atoms with Crippen LogP contribution in [0.5, 0.6) is 5.75 Å². The fourth-order valence-corrected chi connectivity index (χ4v) is 3.69. The van der Waals surface area contributed by atoms with E-state index in [1.165, 1.54) is 38.5 Å². The second-order valence-electron chi connectivity index (χ2n) is 6.46. The molecule has 0 radical (unpaired) electrons. The van der Waals surface area contributed by atoms with Gasteiger partial charge in [0.15, 0.2) is 0 Å². The van der Waals surface area contributed by atoms with Crippen LogP contribution in [0.15, 0.2) is 12.1 Å². The molecule has 1 aromatic carbocycles. The van der Waals surface area contributed by atoms with Gasteiger partial charge in [-0.05, 0) is 18.4 Å². The first kappa shape index (κ1) is 20.0. The number of ether oxygens (including phenoxy) is 1. The maximum absolute atomic E-state index is 14.1. The zero-order chi connectivity index (χ0) is 18.4. The Morgan fingerprint density at radius 3 is 2.52 bits per heavy atom. The lowest BCUT2D eigenvalue weighted by atomic mass is 9.97. The van der Waals surface area contributed by atoms with Crippen molar-refractivity contribution in [3.8, 4) is 5.75 Å². The Hall–Kier alpha value is -1.34. The Kier molecular flexibility index (Phi) is 7.07. The monoisotopic (exact) mass is 391 g/mol. The van der Waals surface area contributed by atoms with Gasteiger partial charge in [-0.15, -0.1) is 0 Å². The van der Waals surface area contributed by atoms with Crippen molar-refractivity contribution in [2.45, 2.75) is 44.9 Å². The Labute approximate surface area is 152 Å². The Bertz CT molecular complexity index is 716. The van der Waals surface area contributed by atoms with Crippen molar-refractivity contribution in [2.24, 2.45) is 5.92 Å². The Balaban J connectivity index is 1.98. The van der Waals surface area contributed by atoms with Gasteiger partial charge in [0, 0.05) is 6.07 Å². The van der Waals surface area contributed by atoms with Gasteiger partial charge in [0.25, 0.3) is 5.91 Å². The van der Waals surface area contributed by atoms with E-state index in [4.69, 9.17) is 16.3 Å². The third-order valence-corrected chi connectivity index (χ3v) is 5.15. The summed E-state index contributed by atoms with van der Waals surface area (Å²) in [6, 6.07) is 2.10. The van der Waals surface area contributed by atoms with E-state index in [0.717, 1.165) is 24.8 Å². The van der Waals surface area contributed by atoms with Crippen LogP contribution < -0.4 is 9.46 Å². The molecule has 0 aromatic heterocycles. The summed E-state index contributed by atoms with van der Waals surface area (Å²) in [5.74, 6) is -1.17. The number of amides is 1. The van der Waals surface area contributed by atoms with Crippen molar-refractivity contribution < 1.29 is 22.3 Å². The van der Waals surface area contributed by atoms with Gasteiger partial charge in [-0.3, -0.25) is 4.79 Å². The van der Waals surface area contributed by atoms with E-state index in [1.807, 2.05) is 0 Å². The molecule has 1 amide bonds. The highest BCUT2D eigenvalue weighted by atomic mass is 35.5. The standard InChI is InChI=1S/C17H23ClFNO4S/c1-25(22,23)20-17(21)13-10-14(18)16(11-15(13)19)24-9-8-12-6-4-2-3-5-7-12/h10-12H,2-9H2,1H3,(H,20,21). The lowest BCUT2D eigenvalue weighted by Gasteiger charge is -2.15. The minimum absolute atomic E-state index is 0.0703. The molecule has 140 valence electrons. The minimum atomic E-state index is -3.78. The maximum atomic E-state index is 14.1. The van der Waals surface area contributed by atoms with Crippen LogP contribution >= 0.6 is 11.6 Å². The van der Waals surface area contributed by atoms with Crippen LogP contribution in [0.4, 0.5) is 4.39 Å². The second kappa shape index (κ2) is 8.85. The first-order valence-corrected chi connectivity index (χ1v) is 10.7. The van der Waals surface area contributed by atoms with Crippen molar-refractivity contribution in [1.82, 2.24) is 4.72 Å². The molecule has 1 fully saturated rings. The predicted octanol–water partition coefficient (Wildman–Crippen LogP) is 3.91. The summed E-state index contributed by atoms with van der Waals surface area (Å²) in [6.45, 7) is 0.429. The maximum Gasteiger partial charge on any atom is 0.267 e. The first-order chi connectivity index (χ1) is 11.8. The molecule has 1 aliphatic carbocycles. The normalized spacial score (nSPS) is 16.3. The van der Waals surface area contributed by atoms with E-state index in [9.17, 15) is 17.6 Å². The van der Waals surface area contributed by atoms with Gasteiger partial charge >= 0.3 is 0 Å². The first-order valence-electron chi connectivity index (χ1n) is 8.40. The molecule has 0 spiro atoms. The van der Waals surface area contributed by atoms with E-state index in [0.29, 0.717) is 12.5 Å². The molecule has 8 heteroatoms. The number of benzene rings is 1. The van der Waals surface area contributed by atoms with Gasteiger partial charge in [-0.1, -0.05) is 50.1 Å². The molecule has 0 heterocycles.